The van der Waals surface area contributed by atoms with Crippen molar-refractivity contribution >= 4 is 33.0 Å². The van der Waals surface area contributed by atoms with Crippen LogP contribution < -0.4 is 4.72 Å². The second-order valence-corrected chi connectivity index (χ2v) is 8.35. The summed E-state index contributed by atoms with van der Waals surface area (Å²) in [4.78, 5) is 0.961. The number of aliphatic hydroxyl groups is 1. The summed E-state index contributed by atoms with van der Waals surface area (Å²) < 4.78 is 27.5. The summed E-state index contributed by atoms with van der Waals surface area (Å²) in [6.07, 6.45) is 0. The first-order chi connectivity index (χ1) is 9.83. The van der Waals surface area contributed by atoms with Gasteiger partial charge in [-0.2, -0.15) is 0 Å². The molecule has 21 heavy (non-hydrogen) atoms. The molecule has 2 N–H and O–H groups in total. The summed E-state index contributed by atoms with van der Waals surface area (Å²) in [7, 11) is -3.66. The third-order valence-electron chi connectivity index (χ3n) is 3.16. The third kappa shape index (κ3) is 3.84. The highest BCUT2D eigenvalue weighted by Crippen LogP contribution is 2.26. The SMILES string of the molecule is Cc1cc(S(=O)(=O)NC(CO)c2ccc(Cl)cc2)sc1C. The maximum absolute atomic E-state index is 12.4. The molecule has 1 atom stereocenters. The van der Waals surface area contributed by atoms with Gasteiger partial charge in [0.15, 0.2) is 0 Å². The van der Waals surface area contributed by atoms with Crippen LogP contribution >= 0.6 is 22.9 Å². The van der Waals surface area contributed by atoms with Gasteiger partial charge in [0.1, 0.15) is 4.21 Å². The van der Waals surface area contributed by atoms with Crippen LogP contribution in [-0.4, -0.2) is 20.1 Å². The van der Waals surface area contributed by atoms with Crippen molar-refractivity contribution in [3.63, 3.8) is 0 Å². The lowest BCUT2D eigenvalue weighted by molar-refractivity contribution is 0.259. The van der Waals surface area contributed by atoms with E-state index in [-0.39, 0.29) is 10.8 Å². The summed E-state index contributed by atoms with van der Waals surface area (Å²) in [6, 6.07) is 7.64. The van der Waals surface area contributed by atoms with Crippen LogP contribution in [0.4, 0.5) is 0 Å². The number of thiophene rings is 1. The molecule has 0 fully saturated rings. The first-order valence-electron chi connectivity index (χ1n) is 6.29. The van der Waals surface area contributed by atoms with Gasteiger partial charge in [-0.25, -0.2) is 13.1 Å². The number of aliphatic hydroxyl groups excluding tert-OH is 1. The Bertz CT molecular complexity index is 704. The maximum atomic E-state index is 12.4. The van der Waals surface area contributed by atoms with Crippen molar-refractivity contribution in [3.05, 3.63) is 51.4 Å². The number of aryl methyl sites for hydroxylation is 2. The molecule has 1 aromatic heterocycles. The molecule has 0 bridgehead atoms. The Morgan fingerprint density at radius 1 is 1.29 bits per heavy atom. The third-order valence-corrected chi connectivity index (χ3v) is 6.51. The fraction of sp³-hybridized carbons (Fsp3) is 0.286. The standard InChI is InChI=1S/C14H16ClNO3S2/c1-9-7-14(20-10(9)2)21(18,19)16-13(8-17)11-3-5-12(15)6-4-11/h3-7,13,16-17H,8H2,1-2H3. The van der Waals surface area contributed by atoms with Crippen LogP contribution in [0.25, 0.3) is 0 Å². The molecule has 0 saturated heterocycles. The average molecular weight is 346 g/mol. The first kappa shape index (κ1) is 16.5. The zero-order valence-corrected chi connectivity index (χ0v) is 14.0. The molecular formula is C14H16ClNO3S2. The Hall–Kier alpha value is -0.920. The molecule has 7 heteroatoms. The van der Waals surface area contributed by atoms with Gasteiger partial charge in [0.25, 0.3) is 10.0 Å². The lowest BCUT2D eigenvalue weighted by Crippen LogP contribution is -2.30. The fourth-order valence-electron chi connectivity index (χ4n) is 1.82. The normalized spacial score (nSPS) is 13.3. The molecule has 2 rings (SSSR count). The minimum Gasteiger partial charge on any atom is -0.394 e. The number of halogens is 1. The Labute approximate surface area is 133 Å². The molecule has 2 aromatic rings. The topological polar surface area (TPSA) is 66.4 Å². The zero-order valence-electron chi connectivity index (χ0n) is 11.6. The van der Waals surface area contributed by atoms with Gasteiger partial charge in [-0.05, 0) is 43.2 Å². The van der Waals surface area contributed by atoms with Gasteiger partial charge in [0.2, 0.25) is 0 Å². The molecule has 0 spiro atoms. The molecule has 0 aliphatic carbocycles. The second kappa shape index (κ2) is 6.46. The van der Waals surface area contributed by atoms with Gasteiger partial charge < -0.3 is 5.11 Å². The molecule has 1 aromatic carbocycles. The Morgan fingerprint density at radius 2 is 1.90 bits per heavy atom. The minimum atomic E-state index is -3.66. The molecule has 0 aliphatic heterocycles. The van der Waals surface area contributed by atoms with E-state index in [0.29, 0.717) is 10.6 Å². The smallest absolute Gasteiger partial charge is 0.250 e. The van der Waals surface area contributed by atoms with Gasteiger partial charge in [0.05, 0.1) is 12.6 Å². The number of benzene rings is 1. The van der Waals surface area contributed by atoms with Crippen molar-refractivity contribution < 1.29 is 13.5 Å². The van der Waals surface area contributed by atoms with E-state index >= 15 is 0 Å². The van der Waals surface area contributed by atoms with Crippen LogP contribution in [0.2, 0.25) is 5.02 Å². The highest BCUT2D eigenvalue weighted by atomic mass is 35.5. The maximum Gasteiger partial charge on any atom is 0.250 e. The fourth-order valence-corrected chi connectivity index (χ4v) is 4.70. The van der Waals surface area contributed by atoms with Crippen molar-refractivity contribution in [2.45, 2.75) is 24.1 Å². The molecule has 1 heterocycles. The number of hydrogen-bond acceptors (Lipinski definition) is 4. The van der Waals surface area contributed by atoms with Gasteiger partial charge in [-0.3, -0.25) is 0 Å². The summed E-state index contributed by atoms with van der Waals surface area (Å²) in [6.45, 7) is 3.42. The monoisotopic (exact) mass is 345 g/mol. The number of sulfonamides is 1. The van der Waals surface area contributed by atoms with E-state index in [9.17, 15) is 13.5 Å². The summed E-state index contributed by atoms with van der Waals surface area (Å²) in [5, 5.41) is 10.0. The summed E-state index contributed by atoms with van der Waals surface area (Å²) >= 11 is 7.03. The van der Waals surface area contributed by atoms with Crippen LogP contribution in [0.15, 0.2) is 34.5 Å². The summed E-state index contributed by atoms with van der Waals surface area (Å²) in [5.41, 5.74) is 1.60. The van der Waals surface area contributed by atoms with E-state index in [1.807, 2.05) is 13.8 Å². The van der Waals surface area contributed by atoms with Gasteiger partial charge in [-0.1, -0.05) is 23.7 Å². The number of nitrogens with one attached hydrogen (secondary N) is 1. The highest BCUT2D eigenvalue weighted by molar-refractivity contribution is 7.91. The molecular weight excluding hydrogens is 330 g/mol. The average Bonchev–Trinajstić information content (AvgIpc) is 2.78. The van der Waals surface area contributed by atoms with Gasteiger partial charge in [0, 0.05) is 9.90 Å². The molecule has 4 nitrogen and oxygen atoms in total. The predicted octanol–water partition coefficient (Wildman–Crippen LogP) is 3.03. The van der Waals surface area contributed by atoms with E-state index in [1.54, 1.807) is 30.3 Å². The van der Waals surface area contributed by atoms with E-state index in [1.165, 1.54) is 11.3 Å². The lowest BCUT2D eigenvalue weighted by Gasteiger charge is -2.16. The molecule has 0 radical (unpaired) electrons. The molecule has 0 saturated carbocycles. The van der Waals surface area contributed by atoms with Crippen LogP contribution in [0.3, 0.4) is 0 Å². The van der Waals surface area contributed by atoms with E-state index in [0.717, 1.165) is 10.4 Å². The Balaban J connectivity index is 2.27. The Morgan fingerprint density at radius 3 is 2.38 bits per heavy atom. The van der Waals surface area contributed by atoms with Crippen LogP contribution in [0, 0.1) is 13.8 Å². The van der Waals surface area contributed by atoms with E-state index in [4.69, 9.17) is 11.6 Å². The minimum absolute atomic E-state index is 0.255. The quantitative estimate of drug-likeness (QED) is 0.875. The van der Waals surface area contributed by atoms with Crippen molar-refractivity contribution in [2.24, 2.45) is 0 Å². The van der Waals surface area contributed by atoms with Crippen LogP contribution in [0.5, 0.6) is 0 Å². The lowest BCUT2D eigenvalue weighted by atomic mass is 10.1. The van der Waals surface area contributed by atoms with Crippen LogP contribution in [0.1, 0.15) is 22.0 Å². The number of rotatable bonds is 5. The predicted molar refractivity (Wildman–Crippen MR) is 85.4 cm³/mol. The zero-order chi connectivity index (χ0) is 15.6. The van der Waals surface area contributed by atoms with Crippen molar-refractivity contribution in [3.8, 4) is 0 Å². The largest absolute Gasteiger partial charge is 0.394 e. The molecule has 0 aliphatic rings. The van der Waals surface area contributed by atoms with Crippen molar-refractivity contribution in [2.75, 3.05) is 6.61 Å². The first-order valence-corrected chi connectivity index (χ1v) is 8.97. The van der Waals surface area contributed by atoms with Crippen molar-refractivity contribution in [1.29, 1.82) is 0 Å². The van der Waals surface area contributed by atoms with Gasteiger partial charge >= 0.3 is 0 Å². The van der Waals surface area contributed by atoms with Crippen molar-refractivity contribution in [1.82, 2.24) is 4.72 Å². The second-order valence-electron chi connectivity index (χ2n) is 4.71. The van der Waals surface area contributed by atoms with Crippen LogP contribution in [-0.2, 0) is 10.0 Å². The van der Waals surface area contributed by atoms with E-state index < -0.39 is 16.1 Å². The molecule has 114 valence electrons. The Kier molecular flexibility index (Phi) is 5.06. The highest BCUT2D eigenvalue weighted by Gasteiger charge is 2.23. The molecule has 0 amide bonds. The number of hydrogen-bond donors (Lipinski definition) is 2. The van der Waals surface area contributed by atoms with Gasteiger partial charge in [-0.15, -0.1) is 11.3 Å². The summed E-state index contributed by atoms with van der Waals surface area (Å²) in [5.74, 6) is 0. The van der Waals surface area contributed by atoms with E-state index in [2.05, 4.69) is 4.72 Å². The molecule has 1 unspecified atom stereocenters.